The zero-order chi connectivity index (χ0) is 9.42. The Kier molecular flexibility index (Phi) is 2.87. The number of thiophene rings is 1. The summed E-state index contributed by atoms with van der Waals surface area (Å²) in [5.74, 6) is 1.44. The van der Waals surface area contributed by atoms with Crippen LogP contribution < -0.4 is 0 Å². The van der Waals surface area contributed by atoms with Crippen LogP contribution in [0.5, 0.6) is 0 Å². The molecule has 0 nitrogen and oxygen atoms in total. The van der Waals surface area contributed by atoms with Gasteiger partial charge >= 0.3 is 0 Å². The second-order valence-corrected chi connectivity index (χ2v) is 5.96. The molecule has 0 N–H and O–H groups in total. The van der Waals surface area contributed by atoms with Gasteiger partial charge in [0.1, 0.15) is 0 Å². The van der Waals surface area contributed by atoms with Gasteiger partial charge in [-0.2, -0.15) is 0 Å². The van der Waals surface area contributed by atoms with Crippen LogP contribution in [0.15, 0.2) is 12.1 Å². The van der Waals surface area contributed by atoms with E-state index in [0.29, 0.717) is 5.92 Å². The van der Waals surface area contributed by atoms with Gasteiger partial charge in [-0.1, -0.05) is 18.5 Å². The lowest BCUT2D eigenvalue weighted by Gasteiger charge is -2.15. The molecular formula is C10H12Cl2S. The van der Waals surface area contributed by atoms with Crippen molar-refractivity contribution in [1.82, 2.24) is 0 Å². The van der Waals surface area contributed by atoms with E-state index in [0.717, 1.165) is 10.3 Å². The van der Waals surface area contributed by atoms with E-state index in [4.69, 9.17) is 23.2 Å². The molecule has 0 aliphatic heterocycles. The normalized spacial score (nSPS) is 21.5. The molecule has 72 valence electrons. The van der Waals surface area contributed by atoms with Gasteiger partial charge in [0.2, 0.25) is 0 Å². The first-order valence-electron chi connectivity index (χ1n) is 4.58. The van der Waals surface area contributed by atoms with E-state index in [1.807, 2.05) is 12.1 Å². The quantitative estimate of drug-likeness (QED) is 0.664. The molecule has 0 amide bonds. The number of rotatable bonds is 3. The number of hydrogen-bond acceptors (Lipinski definition) is 1. The molecule has 2 atom stereocenters. The lowest BCUT2D eigenvalue weighted by Crippen LogP contribution is -2.04. The van der Waals surface area contributed by atoms with Crippen LogP contribution in [-0.2, 0) is 0 Å². The third-order valence-electron chi connectivity index (χ3n) is 2.69. The van der Waals surface area contributed by atoms with Crippen molar-refractivity contribution in [3.63, 3.8) is 0 Å². The fourth-order valence-corrected chi connectivity index (χ4v) is 3.16. The maximum atomic E-state index is 6.36. The molecule has 13 heavy (non-hydrogen) atoms. The zero-order valence-electron chi connectivity index (χ0n) is 7.47. The van der Waals surface area contributed by atoms with E-state index in [1.165, 1.54) is 17.7 Å². The van der Waals surface area contributed by atoms with Crippen molar-refractivity contribution < 1.29 is 0 Å². The van der Waals surface area contributed by atoms with E-state index in [2.05, 4.69) is 6.92 Å². The van der Waals surface area contributed by atoms with Crippen LogP contribution in [-0.4, -0.2) is 0 Å². The van der Waals surface area contributed by atoms with Crippen molar-refractivity contribution in [2.45, 2.75) is 25.1 Å². The highest BCUT2D eigenvalue weighted by atomic mass is 35.5. The van der Waals surface area contributed by atoms with Crippen molar-refractivity contribution in [3.05, 3.63) is 21.3 Å². The third kappa shape index (κ3) is 2.20. The molecule has 0 bridgehead atoms. The predicted molar refractivity (Wildman–Crippen MR) is 59.8 cm³/mol. The zero-order valence-corrected chi connectivity index (χ0v) is 9.79. The van der Waals surface area contributed by atoms with E-state index in [1.54, 1.807) is 11.3 Å². The largest absolute Gasteiger partial charge is 0.127 e. The maximum absolute atomic E-state index is 6.36. The Labute approximate surface area is 92.9 Å². The van der Waals surface area contributed by atoms with E-state index < -0.39 is 0 Å². The number of alkyl halides is 1. The van der Waals surface area contributed by atoms with Crippen molar-refractivity contribution in [2.24, 2.45) is 11.8 Å². The smallest absolute Gasteiger partial charge is 0.0931 e. The van der Waals surface area contributed by atoms with Gasteiger partial charge < -0.3 is 0 Å². The fraction of sp³-hybridized carbons (Fsp3) is 0.600. The molecule has 1 fully saturated rings. The molecule has 0 spiro atoms. The van der Waals surface area contributed by atoms with Crippen molar-refractivity contribution in [3.8, 4) is 0 Å². The summed E-state index contributed by atoms with van der Waals surface area (Å²) in [5, 5.41) is 0.157. The minimum absolute atomic E-state index is 0.157. The molecule has 0 radical (unpaired) electrons. The molecular weight excluding hydrogens is 223 g/mol. The average molecular weight is 235 g/mol. The number of halogens is 2. The Hall–Kier alpha value is 0.280. The van der Waals surface area contributed by atoms with Gasteiger partial charge in [-0.25, -0.2) is 0 Å². The molecule has 2 rings (SSSR count). The molecule has 1 saturated carbocycles. The van der Waals surface area contributed by atoms with Gasteiger partial charge in [-0.05, 0) is 36.8 Å². The minimum atomic E-state index is 0.157. The van der Waals surface area contributed by atoms with E-state index in [-0.39, 0.29) is 5.38 Å². The molecule has 3 heteroatoms. The molecule has 0 aromatic carbocycles. The van der Waals surface area contributed by atoms with Crippen LogP contribution in [0.4, 0.5) is 0 Å². The topological polar surface area (TPSA) is 0 Å². The Balaban J connectivity index is 2.06. The molecule has 0 saturated heterocycles. The summed E-state index contributed by atoms with van der Waals surface area (Å²) in [4.78, 5) is 1.21. The minimum Gasteiger partial charge on any atom is -0.127 e. The SMILES string of the molecule is CC(C1CC1)C(Cl)c1ccc(Cl)s1. The predicted octanol–water partition coefficient (Wildman–Crippen LogP) is 4.73. The van der Waals surface area contributed by atoms with E-state index in [9.17, 15) is 0 Å². The molecule has 1 aromatic heterocycles. The average Bonchev–Trinajstić information content (AvgIpc) is 2.87. The number of hydrogen-bond donors (Lipinski definition) is 0. The molecule has 2 unspecified atom stereocenters. The van der Waals surface area contributed by atoms with Gasteiger partial charge in [-0.15, -0.1) is 22.9 Å². The van der Waals surface area contributed by atoms with Crippen LogP contribution in [0.1, 0.15) is 30.0 Å². The van der Waals surface area contributed by atoms with Crippen molar-refractivity contribution >= 4 is 34.5 Å². The van der Waals surface area contributed by atoms with Gasteiger partial charge in [0, 0.05) is 4.88 Å². The lowest BCUT2D eigenvalue weighted by molar-refractivity contribution is 0.495. The highest BCUT2D eigenvalue weighted by Crippen LogP contribution is 2.46. The first-order valence-corrected chi connectivity index (χ1v) is 6.21. The Bertz CT molecular complexity index is 291. The highest BCUT2D eigenvalue weighted by molar-refractivity contribution is 7.16. The summed E-state index contributed by atoms with van der Waals surface area (Å²) in [5.41, 5.74) is 0. The Morgan fingerprint density at radius 1 is 1.46 bits per heavy atom. The summed E-state index contributed by atoms with van der Waals surface area (Å²) < 4.78 is 0.837. The second-order valence-electron chi connectivity index (χ2n) is 3.74. The van der Waals surface area contributed by atoms with Crippen LogP contribution in [0, 0.1) is 11.8 Å². The summed E-state index contributed by atoms with van der Waals surface area (Å²) in [6, 6.07) is 3.97. The first kappa shape index (κ1) is 9.82. The van der Waals surface area contributed by atoms with Gasteiger partial charge in [0.05, 0.1) is 9.71 Å². The molecule has 1 aliphatic carbocycles. The van der Waals surface area contributed by atoms with Crippen LogP contribution in [0.2, 0.25) is 4.34 Å². The lowest BCUT2D eigenvalue weighted by atomic mass is 10.0. The van der Waals surface area contributed by atoms with Crippen LogP contribution in [0.25, 0.3) is 0 Å². The van der Waals surface area contributed by atoms with E-state index >= 15 is 0 Å². The Morgan fingerprint density at radius 2 is 2.15 bits per heavy atom. The Morgan fingerprint density at radius 3 is 2.62 bits per heavy atom. The van der Waals surface area contributed by atoms with Crippen LogP contribution >= 0.6 is 34.5 Å². The molecule has 1 aliphatic rings. The summed E-state index contributed by atoms with van der Waals surface area (Å²) in [6.45, 7) is 2.24. The van der Waals surface area contributed by atoms with Crippen molar-refractivity contribution in [1.29, 1.82) is 0 Å². The fourth-order valence-electron chi connectivity index (χ4n) is 1.60. The first-order chi connectivity index (χ1) is 6.18. The monoisotopic (exact) mass is 234 g/mol. The standard InChI is InChI=1S/C10H12Cl2S/c1-6(7-2-3-7)10(12)8-4-5-9(11)13-8/h4-7,10H,2-3H2,1H3. The van der Waals surface area contributed by atoms with Crippen molar-refractivity contribution in [2.75, 3.05) is 0 Å². The highest BCUT2D eigenvalue weighted by Gasteiger charge is 2.33. The third-order valence-corrected chi connectivity index (χ3v) is 4.77. The van der Waals surface area contributed by atoms with Gasteiger partial charge in [-0.3, -0.25) is 0 Å². The second kappa shape index (κ2) is 3.80. The summed E-state index contributed by atoms with van der Waals surface area (Å²) >= 11 is 13.8. The summed E-state index contributed by atoms with van der Waals surface area (Å²) in [6.07, 6.45) is 2.70. The van der Waals surface area contributed by atoms with Crippen LogP contribution in [0.3, 0.4) is 0 Å². The summed E-state index contributed by atoms with van der Waals surface area (Å²) in [7, 11) is 0. The maximum Gasteiger partial charge on any atom is 0.0931 e. The molecule has 1 aromatic rings. The van der Waals surface area contributed by atoms with Gasteiger partial charge in [0.25, 0.3) is 0 Å². The van der Waals surface area contributed by atoms with Gasteiger partial charge in [0.15, 0.2) is 0 Å². The molecule has 1 heterocycles.